The van der Waals surface area contributed by atoms with E-state index in [4.69, 9.17) is 5.73 Å². The van der Waals surface area contributed by atoms with Crippen molar-refractivity contribution in [1.82, 2.24) is 10.2 Å². The van der Waals surface area contributed by atoms with Crippen LogP contribution in [0.15, 0.2) is 18.2 Å². The van der Waals surface area contributed by atoms with Crippen LogP contribution in [0.5, 0.6) is 5.75 Å². The molecular weight excluding hydrogens is 347 g/mol. The smallest absolute Gasteiger partial charge is 0.260 e. The van der Waals surface area contributed by atoms with E-state index in [2.05, 4.69) is 38.1 Å². The van der Waals surface area contributed by atoms with Gasteiger partial charge < -0.3 is 16.2 Å². The van der Waals surface area contributed by atoms with Crippen molar-refractivity contribution in [3.8, 4) is 5.75 Å². The summed E-state index contributed by atoms with van der Waals surface area (Å²) in [6, 6.07) is 4.76. The average Bonchev–Trinajstić information content (AvgIpc) is 2.64. The van der Waals surface area contributed by atoms with Crippen molar-refractivity contribution in [2.24, 2.45) is 0 Å². The Morgan fingerprint density at radius 1 is 1.56 bits per heavy atom. The van der Waals surface area contributed by atoms with Crippen molar-refractivity contribution in [2.45, 2.75) is 6.92 Å². The number of H-pyrrole nitrogens is 1. The Labute approximate surface area is 117 Å². The van der Waals surface area contributed by atoms with E-state index in [1.54, 1.807) is 19.1 Å². The van der Waals surface area contributed by atoms with Crippen LogP contribution >= 0.6 is 22.6 Å². The molecule has 1 aromatic heterocycles. The topological polar surface area (TPSA) is 104 Å². The van der Waals surface area contributed by atoms with Crippen LogP contribution in [0.3, 0.4) is 0 Å². The highest BCUT2D eigenvalue weighted by Crippen LogP contribution is 2.23. The molecule has 1 aromatic carbocycles. The number of aromatic hydroxyl groups is 1. The second-order valence-corrected chi connectivity index (χ2v) is 4.97. The van der Waals surface area contributed by atoms with Crippen LogP contribution in [-0.4, -0.2) is 21.2 Å². The Morgan fingerprint density at radius 3 is 2.89 bits per heavy atom. The molecule has 0 atom stereocenters. The molecule has 0 radical (unpaired) electrons. The Hall–Kier alpha value is -1.77. The summed E-state index contributed by atoms with van der Waals surface area (Å²) in [4.78, 5) is 12.0. The average molecular weight is 358 g/mol. The highest BCUT2D eigenvalue weighted by molar-refractivity contribution is 14.1. The number of aromatic amines is 1. The lowest BCUT2D eigenvalue weighted by Gasteiger charge is -2.05. The number of nitrogens with zero attached hydrogens (tertiary/aromatic N) is 1. The fraction of sp³-hybridized carbons (Fsp3) is 0.0909. The van der Waals surface area contributed by atoms with E-state index in [1.165, 1.54) is 6.07 Å². The largest absolute Gasteiger partial charge is 0.507 e. The number of benzene rings is 1. The Balaban J connectivity index is 2.27. The number of amides is 1. The number of nitrogens with two attached hydrogens (primary N) is 1. The molecule has 0 bridgehead atoms. The summed E-state index contributed by atoms with van der Waals surface area (Å²) in [6.45, 7) is 1.75. The number of phenolic OH excluding ortho intramolecular Hbond substituents is 1. The van der Waals surface area contributed by atoms with Gasteiger partial charge in [-0.15, -0.1) is 0 Å². The summed E-state index contributed by atoms with van der Waals surface area (Å²) in [5.41, 5.74) is 6.97. The molecule has 2 rings (SSSR count). The molecule has 1 amide bonds. The second kappa shape index (κ2) is 4.84. The standard InChI is InChI=1S/C11H11IN4O2/c1-5-9(13)10(16-15-5)14-11(18)7-4-6(12)2-3-8(7)17/h2-4,17H,13H2,1H3,(H2,14,15,16,18). The minimum absolute atomic E-state index is 0.0845. The fourth-order valence-electron chi connectivity index (χ4n) is 1.40. The van der Waals surface area contributed by atoms with Gasteiger partial charge in [0.15, 0.2) is 5.82 Å². The maximum absolute atomic E-state index is 12.0. The van der Waals surface area contributed by atoms with Gasteiger partial charge in [0.25, 0.3) is 5.91 Å². The molecule has 2 aromatic rings. The molecule has 5 N–H and O–H groups in total. The predicted octanol–water partition coefficient (Wildman–Crippen LogP) is 1.86. The number of aromatic nitrogens is 2. The van der Waals surface area contributed by atoms with Gasteiger partial charge >= 0.3 is 0 Å². The number of carbonyl (C=O) groups excluding carboxylic acids is 1. The van der Waals surface area contributed by atoms with Gasteiger partial charge in [0, 0.05) is 3.57 Å². The van der Waals surface area contributed by atoms with E-state index in [1.807, 2.05) is 0 Å². The van der Waals surface area contributed by atoms with Crippen molar-refractivity contribution in [1.29, 1.82) is 0 Å². The highest BCUT2D eigenvalue weighted by atomic mass is 127. The van der Waals surface area contributed by atoms with Crippen LogP contribution in [-0.2, 0) is 0 Å². The Kier molecular flexibility index (Phi) is 3.41. The van der Waals surface area contributed by atoms with Gasteiger partial charge in [-0.05, 0) is 47.7 Å². The number of anilines is 2. The third-order valence-electron chi connectivity index (χ3n) is 2.43. The summed E-state index contributed by atoms with van der Waals surface area (Å²) in [7, 11) is 0. The summed E-state index contributed by atoms with van der Waals surface area (Å²) >= 11 is 2.06. The maximum atomic E-state index is 12.0. The zero-order valence-electron chi connectivity index (χ0n) is 9.49. The molecule has 0 aliphatic carbocycles. The molecule has 0 aliphatic heterocycles. The number of hydrogen-bond donors (Lipinski definition) is 4. The number of nitrogen functional groups attached to an aromatic ring is 1. The van der Waals surface area contributed by atoms with Gasteiger partial charge in [0.1, 0.15) is 5.75 Å². The Morgan fingerprint density at radius 2 is 2.28 bits per heavy atom. The first-order valence-electron chi connectivity index (χ1n) is 5.09. The molecule has 6 nitrogen and oxygen atoms in total. The van der Waals surface area contributed by atoms with Crippen LogP contribution in [0.25, 0.3) is 0 Å². The van der Waals surface area contributed by atoms with Crippen molar-refractivity contribution in [3.05, 3.63) is 33.0 Å². The molecule has 0 saturated carbocycles. The van der Waals surface area contributed by atoms with Gasteiger partial charge in [0.05, 0.1) is 16.9 Å². The van der Waals surface area contributed by atoms with E-state index in [0.29, 0.717) is 11.4 Å². The van der Waals surface area contributed by atoms with Crippen molar-refractivity contribution < 1.29 is 9.90 Å². The monoisotopic (exact) mass is 358 g/mol. The number of phenols is 1. The van der Waals surface area contributed by atoms with E-state index in [0.717, 1.165) is 3.57 Å². The summed E-state index contributed by atoms with van der Waals surface area (Å²) in [5.74, 6) is -0.279. The van der Waals surface area contributed by atoms with Gasteiger partial charge in [0.2, 0.25) is 0 Å². The lowest BCUT2D eigenvalue weighted by Crippen LogP contribution is -2.13. The molecule has 7 heteroatoms. The van der Waals surface area contributed by atoms with E-state index in [9.17, 15) is 9.90 Å². The molecule has 18 heavy (non-hydrogen) atoms. The second-order valence-electron chi connectivity index (χ2n) is 3.73. The molecule has 0 aliphatic rings. The van der Waals surface area contributed by atoms with Gasteiger partial charge in [-0.1, -0.05) is 0 Å². The van der Waals surface area contributed by atoms with Gasteiger partial charge in [-0.2, -0.15) is 5.10 Å². The van der Waals surface area contributed by atoms with Crippen molar-refractivity contribution >= 4 is 40.0 Å². The van der Waals surface area contributed by atoms with Gasteiger partial charge in [-0.25, -0.2) is 0 Å². The van der Waals surface area contributed by atoms with E-state index >= 15 is 0 Å². The normalized spacial score (nSPS) is 10.3. The molecule has 0 saturated heterocycles. The number of aryl methyl sites for hydroxylation is 1. The lowest BCUT2D eigenvalue weighted by molar-refractivity contribution is 0.102. The van der Waals surface area contributed by atoms with E-state index in [-0.39, 0.29) is 17.1 Å². The number of hydrogen-bond acceptors (Lipinski definition) is 4. The molecule has 94 valence electrons. The van der Waals surface area contributed by atoms with Crippen molar-refractivity contribution in [2.75, 3.05) is 11.1 Å². The van der Waals surface area contributed by atoms with Crippen molar-refractivity contribution in [3.63, 3.8) is 0 Å². The number of rotatable bonds is 2. The van der Waals surface area contributed by atoms with Crippen LogP contribution < -0.4 is 11.1 Å². The molecular formula is C11H11IN4O2. The van der Waals surface area contributed by atoms with Crippen LogP contribution in [0, 0.1) is 10.5 Å². The first-order chi connectivity index (χ1) is 8.49. The first-order valence-corrected chi connectivity index (χ1v) is 6.17. The summed E-state index contributed by atoms with van der Waals surface area (Å²) in [6.07, 6.45) is 0. The summed E-state index contributed by atoms with van der Waals surface area (Å²) in [5, 5.41) is 18.7. The quantitative estimate of drug-likeness (QED) is 0.615. The third kappa shape index (κ3) is 2.40. The van der Waals surface area contributed by atoms with E-state index < -0.39 is 5.91 Å². The molecule has 1 heterocycles. The molecule has 0 unspecified atom stereocenters. The Bertz CT molecular complexity index is 609. The highest BCUT2D eigenvalue weighted by Gasteiger charge is 2.15. The summed E-state index contributed by atoms with van der Waals surface area (Å²) < 4.78 is 0.849. The molecule has 0 fully saturated rings. The minimum Gasteiger partial charge on any atom is -0.507 e. The fourth-order valence-corrected chi connectivity index (χ4v) is 1.89. The minimum atomic E-state index is -0.454. The zero-order valence-corrected chi connectivity index (χ0v) is 11.6. The lowest BCUT2D eigenvalue weighted by atomic mass is 10.2. The van der Waals surface area contributed by atoms with Gasteiger partial charge in [-0.3, -0.25) is 9.89 Å². The van der Waals surface area contributed by atoms with Crippen LogP contribution in [0.2, 0.25) is 0 Å². The molecule has 0 spiro atoms. The third-order valence-corrected chi connectivity index (χ3v) is 3.10. The van der Waals surface area contributed by atoms with Crippen LogP contribution in [0.1, 0.15) is 16.1 Å². The van der Waals surface area contributed by atoms with Crippen LogP contribution in [0.4, 0.5) is 11.5 Å². The number of nitrogens with one attached hydrogen (secondary N) is 2. The number of carbonyl (C=O) groups is 1. The maximum Gasteiger partial charge on any atom is 0.260 e. The first kappa shape index (κ1) is 12.7. The SMILES string of the molecule is Cc1[nH]nc(NC(=O)c2cc(I)ccc2O)c1N. The predicted molar refractivity (Wildman–Crippen MR) is 76.5 cm³/mol. The zero-order chi connectivity index (χ0) is 13.3. The number of halogens is 1.